The van der Waals surface area contributed by atoms with Crippen LogP contribution in [0.2, 0.25) is 0 Å². The topological polar surface area (TPSA) is 114 Å². The van der Waals surface area contributed by atoms with Gasteiger partial charge in [-0.15, -0.1) is 0 Å². The van der Waals surface area contributed by atoms with E-state index in [0.29, 0.717) is 46.2 Å². The molecule has 0 heterocycles. The second-order valence-corrected chi connectivity index (χ2v) is 6.32. The van der Waals surface area contributed by atoms with Crippen LogP contribution < -0.4 is 10.6 Å². The Hall–Kier alpha value is -2.24. The first-order valence-corrected chi connectivity index (χ1v) is 10.1. The Kier molecular flexibility index (Phi) is 16.0. The highest BCUT2D eigenvalue weighted by Crippen LogP contribution is 1.98. The van der Waals surface area contributed by atoms with Gasteiger partial charge in [0.1, 0.15) is 12.6 Å². The molecular weight excluding hydrogens is 408 g/mol. The molecule has 0 radical (unpaired) electrons. The van der Waals surface area contributed by atoms with E-state index in [4.69, 9.17) is 28.4 Å². The zero-order valence-corrected chi connectivity index (χ0v) is 18.3. The molecule has 0 bridgehead atoms. The van der Waals surface area contributed by atoms with E-state index in [1.165, 1.54) is 7.11 Å². The summed E-state index contributed by atoms with van der Waals surface area (Å²) in [6, 6.07) is 8.60. The molecule has 31 heavy (non-hydrogen) atoms. The van der Waals surface area contributed by atoms with Crippen molar-refractivity contribution in [2.45, 2.75) is 12.6 Å². The molecule has 0 aliphatic heterocycles. The van der Waals surface area contributed by atoms with Crippen LogP contribution in [-0.2, 0) is 39.8 Å². The maximum atomic E-state index is 12.3. The van der Waals surface area contributed by atoms with Crippen molar-refractivity contribution in [3.05, 3.63) is 35.9 Å². The van der Waals surface area contributed by atoms with Gasteiger partial charge in [-0.05, 0) is 5.56 Å². The number of hydrogen-bond donors (Lipinski definition) is 2. The fraction of sp³-hybridized carbons (Fsp3) is 0.619. The van der Waals surface area contributed by atoms with Crippen LogP contribution in [0.25, 0.3) is 0 Å². The van der Waals surface area contributed by atoms with Crippen molar-refractivity contribution in [2.24, 2.45) is 0 Å². The van der Waals surface area contributed by atoms with Crippen LogP contribution in [0.3, 0.4) is 0 Å². The molecule has 10 nitrogen and oxygen atoms in total. The Bertz CT molecular complexity index is 588. The van der Waals surface area contributed by atoms with Gasteiger partial charge in [0.05, 0.1) is 52.9 Å². The summed E-state index contributed by atoms with van der Waals surface area (Å²) >= 11 is 0. The first-order valence-electron chi connectivity index (χ1n) is 10.1. The highest BCUT2D eigenvalue weighted by Gasteiger charge is 2.21. The first kappa shape index (κ1) is 26.8. The molecule has 0 saturated carbocycles. The van der Waals surface area contributed by atoms with E-state index in [0.717, 1.165) is 5.56 Å². The van der Waals surface area contributed by atoms with E-state index < -0.39 is 12.1 Å². The van der Waals surface area contributed by atoms with Crippen molar-refractivity contribution in [2.75, 3.05) is 73.7 Å². The summed E-state index contributed by atoms with van der Waals surface area (Å²) in [6.45, 7) is 3.50. The number of alkyl carbamates (subject to hydrolysis) is 1. The predicted octanol–water partition coefficient (Wildman–Crippen LogP) is 0.740. The highest BCUT2D eigenvalue weighted by atomic mass is 16.6. The molecule has 176 valence electrons. The normalized spacial score (nSPS) is 11.7. The van der Waals surface area contributed by atoms with E-state index in [-0.39, 0.29) is 25.7 Å². The lowest BCUT2D eigenvalue weighted by atomic mass is 10.2. The minimum Gasteiger partial charge on any atom is -0.447 e. The number of amides is 2. The van der Waals surface area contributed by atoms with Crippen molar-refractivity contribution in [1.82, 2.24) is 10.6 Å². The molecule has 1 atom stereocenters. The lowest BCUT2D eigenvalue weighted by molar-refractivity contribution is -0.124. The molecule has 2 N–H and O–H groups in total. The number of hydrogen-bond acceptors (Lipinski definition) is 8. The summed E-state index contributed by atoms with van der Waals surface area (Å²) in [7, 11) is 3.07. The summed E-state index contributed by atoms with van der Waals surface area (Å²) in [5, 5.41) is 5.25. The molecule has 1 aromatic carbocycles. The molecule has 0 saturated heterocycles. The van der Waals surface area contributed by atoms with Gasteiger partial charge in [-0.25, -0.2) is 4.79 Å². The van der Waals surface area contributed by atoms with E-state index in [2.05, 4.69) is 10.6 Å². The van der Waals surface area contributed by atoms with Gasteiger partial charge < -0.3 is 39.1 Å². The van der Waals surface area contributed by atoms with Crippen molar-refractivity contribution >= 4 is 12.0 Å². The molecule has 1 rings (SSSR count). The van der Waals surface area contributed by atoms with Crippen molar-refractivity contribution in [3.63, 3.8) is 0 Å². The largest absolute Gasteiger partial charge is 0.447 e. The fourth-order valence-corrected chi connectivity index (χ4v) is 2.32. The van der Waals surface area contributed by atoms with E-state index in [1.807, 2.05) is 30.3 Å². The number of methoxy groups -OCH3 is 2. The lowest BCUT2D eigenvalue weighted by Crippen LogP contribution is -2.49. The maximum absolute atomic E-state index is 12.3. The van der Waals surface area contributed by atoms with Crippen molar-refractivity contribution in [1.29, 1.82) is 0 Å². The van der Waals surface area contributed by atoms with Crippen LogP contribution in [0.1, 0.15) is 5.56 Å². The van der Waals surface area contributed by atoms with Crippen LogP contribution in [-0.4, -0.2) is 91.7 Å². The summed E-state index contributed by atoms with van der Waals surface area (Å²) in [4.78, 5) is 24.2. The van der Waals surface area contributed by atoms with Gasteiger partial charge in [0.25, 0.3) is 0 Å². The SMILES string of the molecule is COCCOCCOCCOCCOC(=O)N[C@H](COC)C(=O)NCc1ccccc1. The number of carbonyl (C=O) groups excluding carboxylic acids is 2. The maximum Gasteiger partial charge on any atom is 0.407 e. The molecule has 2 amide bonds. The predicted molar refractivity (Wildman–Crippen MR) is 113 cm³/mol. The van der Waals surface area contributed by atoms with Crippen LogP contribution in [0.15, 0.2) is 30.3 Å². The average molecular weight is 443 g/mol. The summed E-state index contributed by atoms with van der Waals surface area (Å²) in [5.41, 5.74) is 0.953. The summed E-state index contributed by atoms with van der Waals surface area (Å²) in [5.74, 6) is -0.359. The third kappa shape index (κ3) is 14.4. The molecule has 0 fully saturated rings. The standard InChI is InChI=1S/C21H34N2O8/c1-26-8-9-28-10-11-29-12-13-30-14-15-31-21(25)23-19(17-27-2)20(24)22-16-18-6-4-3-5-7-18/h3-7,19H,8-17H2,1-2H3,(H,22,24)(H,23,25)/t19-/m1/s1. The van der Waals surface area contributed by atoms with Gasteiger partial charge in [0, 0.05) is 20.8 Å². The number of nitrogens with one attached hydrogen (secondary N) is 2. The molecule has 0 aromatic heterocycles. The van der Waals surface area contributed by atoms with Gasteiger partial charge in [-0.1, -0.05) is 30.3 Å². The summed E-state index contributed by atoms with van der Waals surface area (Å²) in [6.07, 6.45) is -0.718. The third-order valence-electron chi connectivity index (χ3n) is 3.89. The average Bonchev–Trinajstić information content (AvgIpc) is 2.78. The van der Waals surface area contributed by atoms with Crippen molar-refractivity contribution < 1.29 is 38.0 Å². The van der Waals surface area contributed by atoms with E-state index in [9.17, 15) is 9.59 Å². The Labute approximate surface area is 183 Å². The quantitative estimate of drug-likeness (QED) is 0.320. The van der Waals surface area contributed by atoms with Gasteiger partial charge in [-0.2, -0.15) is 0 Å². The number of rotatable bonds is 18. The molecule has 0 spiro atoms. The molecule has 0 aliphatic carbocycles. The van der Waals surface area contributed by atoms with Crippen LogP contribution >= 0.6 is 0 Å². The molecule has 1 aromatic rings. The molecule has 10 heteroatoms. The van der Waals surface area contributed by atoms with Crippen LogP contribution in [0, 0.1) is 0 Å². The Balaban J connectivity index is 2.09. The minimum absolute atomic E-state index is 0.0265. The van der Waals surface area contributed by atoms with Crippen LogP contribution in [0.4, 0.5) is 4.79 Å². The molecular formula is C21H34N2O8. The zero-order valence-electron chi connectivity index (χ0n) is 18.3. The number of carbonyl (C=O) groups is 2. The third-order valence-corrected chi connectivity index (χ3v) is 3.89. The first-order chi connectivity index (χ1) is 15.2. The van der Waals surface area contributed by atoms with Gasteiger partial charge in [0.2, 0.25) is 5.91 Å². The smallest absolute Gasteiger partial charge is 0.407 e. The summed E-state index contributed by atoms with van der Waals surface area (Å²) < 4.78 is 30.8. The molecule has 0 unspecified atom stereocenters. The van der Waals surface area contributed by atoms with Crippen molar-refractivity contribution in [3.8, 4) is 0 Å². The lowest BCUT2D eigenvalue weighted by Gasteiger charge is -2.17. The Morgan fingerprint density at radius 1 is 0.806 bits per heavy atom. The van der Waals surface area contributed by atoms with Gasteiger partial charge >= 0.3 is 6.09 Å². The monoisotopic (exact) mass is 442 g/mol. The second kappa shape index (κ2) is 18.5. The Morgan fingerprint density at radius 2 is 1.39 bits per heavy atom. The minimum atomic E-state index is -0.860. The number of benzene rings is 1. The van der Waals surface area contributed by atoms with Gasteiger partial charge in [-0.3, -0.25) is 4.79 Å². The molecule has 0 aliphatic rings. The number of ether oxygens (including phenoxy) is 6. The Morgan fingerprint density at radius 3 is 1.97 bits per heavy atom. The van der Waals surface area contributed by atoms with Gasteiger partial charge in [0.15, 0.2) is 0 Å². The zero-order chi connectivity index (χ0) is 22.6. The second-order valence-electron chi connectivity index (χ2n) is 6.32. The highest BCUT2D eigenvalue weighted by molar-refractivity contribution is 5.85. The van der Waals surface area contributed by atoms with E-state index in [1.54, 1.807) is 7.11 Å². The fourth-order valence-electron chi connectivity index (χ4n) is 2.32. The van der Waals surface area contributed by atoms with E-state index >= 15 is 0 Å². The van der Waals surface area contributed by atoms with Crippen LogP contribution in [0.5, 0.6) is 0 Å².